The molecule has 0 unspecified atom stereocenters. The summed E-state index contributed by atoms with van der Waals surface area (Å²) in [6, 6.07) is 18.3. The van der Waals surface area contributed by atoms with Crippen LogP contribution in [-0.2, 0) is 33.2 Å². The number of carbonyl (C=O) groups is 1. The molecule has 9 nitrogen and oxygen atoms in total. The molecule has 5 rings (SSSR count). The third-order valence-corrected chi connectivity index (χ3v) is 9.27. The number of aliphatic carboxylic acids is 1. The lowest BCUT2D eigenvalue weighted by Crippen LogP contribution is -2.12. The highest BCUT2D eigenvalue weighted by molar-refractivity contribution is 7.92. The Morgan fingerprint density at radius 2 is 1.76 bits per heavy atom. The number of aryl methyl sites for hydroxylation is 1. The van der Waals surface area contributed by atoms with Gasteiger partial charge in [-0.15, -0.1) is 11.3 Å². The van der Waals surface area contributed by atoms with E-state index in [0.717, 1.165) is 27.3 Å². The van der Waals surface area contributed by atoms with Crippen molar-refractivity contribution in [2.45, 2.75) is 22.9 Å². The summed E-state index contributed by atoms with van der Waals surface area (Å²) in [6.45, 7) is -0.464. The number of benzene rings is 3. The van der Waals surface area contributed by atoms with E-state index in [9.17, 15) is 23.3 Å². The predicted octanol–water partition coefficient (Wildman–Crippen LogP) is 4.92. The quantitative estimate of drug-likeness (QED) is 0.247. The molecule has 1 aliphatic rings. The van der Waals surface area contributed by atoms with Gasteiger partial charge in [-0.1, -0.05) is 36.4 Å². The number of hydrogen-bond acceptors (Lipinski definition) is 8. The molecular formula is C26H20N2O7S2. The first-order valence-electron chi connectivity index (χ1n) is 11.2. The Labute approximate surface area is 216 Å². The van der Waals surface area contributed by atoms with Crippen LogP contribution in [-0.4, -0.2) is 36.0 Å². The maximum atomic E-state index is 13.5. The first-order chi connectivity index (χ1) is 17.7. The Morgan fingerprint density at radius 1 is 1.03 bits per heavy atom. The second kappa shape index (κ2) is 9.75. The zero-order valence-corrected chi connectivity index (χ0v) is 20.9. The molecule has 3 aromatic carbocycles. The van der Waals surface area contributed by atoms with E-state index in [1.54, 1.807) is 48.5 Å². The van der Waals surface area contributed by atoms with Crippen LogP contribution in [0.1, 0.15) is 16.0 Å². The number of thiazole rings is 1. The van der Waals surface area contributed by atoms with Crippen LogP contribution in [0.5, 0.6) is 5.75 Å². The summed E-state index contributed by atoms with van der Waals surface area (Å²) in [4.78, 5) is 26.8. The molecule has 0 bridgehead atoms. The SMILES string of the molecule is O=C(O)COc1cccc2c1CCc1sc(S(=O)(=O)Cc3ccccc3-c3ccc([N+](=O)[O-])cc3)nc1-2. The highest BCUT2D eigenvalue weighted by Crippen LogP contribution is 2.41. The van der Waals surface area contributed by atoms with Gasteiger partial charge in [0.1, 0.15) is 5.75 Å². The van der Waals surface area contributed by atoms with E-state index in [-0.39, 0.29) is 15.8 Å². The molecule has 0 atom stereocenters. The van der Waals surface area contributed by atoms with Gasteiger partial charge in [-0.25, -0.2) is 18.2 Å². The highest BCUT2D eigenvalue weighted by atomic mass is 32.2. The van der Waals surface area contributed by atoms with Gasteiger partial charge in [-0.3, -0.25) is 10.1 Å². The average Bonchev–Trinajstić information content (AvgIpc) is 3.34. The molecule has 0 amide bonds. The fourth-order valence-corrected chi connectivity index (χ4v) is 7.16. The van der Waals surface area contributed by atoms with E-state index in [2.05, 4.69) is 4.98 Å². The molecular weight excluding hydrogens is 516 g/mol. The summed E-state index contributed by atoms with van der Waals surface area (Å²) >= 11 is 1.15. The molecule has 0 fully saturated rings. The van der Waals surface area contributed by atoms with Gasteiger partial charge in [0.05, 0.1) is 16.4 Å². The maximum Gasteiger partial charge on any atom is 0.341 e. The standard InChI is InChI=1S/C26H20N2O7S2/c29-24(30)14-35-22-7-3-6-21-20(22)12-13-23-25(21)27-26(36-23)37(33,34)15-17-4-1-2-5-19(17)16-8-10-18(11-9-16)28(31)32/h1-11H,12-15H2,(H,29,30). The number of ether oxygens (including phenoxy) is 1. The van der Waals surface area contributed by atoms with E-state index in [1.165, 1.54) is 12.1 Å². The number of non-ortho nitro benzene ring substituents is 1. The molecule has 1 heterocycles. The van der Waals surface area contributed by atoms with Crippen LogP contribution in [0.4, 0.5) is 5.69 Å². The van der Waals surface area contributed by atoms with Gasteiger partial charge in [0.2, 0.25) is 14.2 Å². The molecule has 11 heteroatoms. The highest BCUT2D eigenvalue weighted by Gasteiger charge is 2.29. The van der Waals surface area contributed by atoms with E-state index >= 15 is 0 Å². The van der Waals surface area contributed by atoms with Crippen LogP contribution < -0.4 is 4.74 Å². The van der Waals surface area contributed by atoms with Crippen molar-refractivity contribution >= 4 is 32.8 Å². The zero-order chi connectivity index (χ0) is 26.2. The first-order valence-corrected chi connectivity index (χ1v) is 13.7. The lowest BCUT2D eigenvalue weighted by atomic mass is 9.93. The van der Waals surface area contributed by atoms with Crippen molar-refractivity contribution in [2.24, 2.45) is 0 Å². The smallest absolute Gasteiger partial charge is 0.341 e. The number of sulfone groups is 1. The van der Waals surface area contributed by atoms with Gasteiger partial charge in [-0.2, -0.15) is 0 Å². The van der Waals surface area contributed by atoms with E-state index in [0.29, 0.717) is 41.0 Å². The van der Waals surface area contributed by atoms with Crippen molar-refractivity contribution in [2.75, 3.05) is 6.61 Å². The normalized spacial score (nSPS) is 12.4. The molecule has 188 valence electrons. The molecule has 0 spiro atoms. The van der Waals surface area contributed by atoms with Crippen molar-refractivity contribution in [3.05, 3.63) is 92.8 Å². The Hall–Kier alpha value is -4.09. The minimum absolute atomic E-state index is 0.0145. The molecule has 37 heavy (non-hydrogen) atoms. The second-order valence-corrected chi connectivity index (χ2v) is 11.7. The number of nitrogens with zero attached hydrogens (tertiary/aromatic N) is 2. The summed E-state index contributed by atoms with van der Waals surface area (Å²) in [5.74, 6) is -0.897. The van der Waals surface area contributed by atoms with Crippen LogP contribution in [0.2, 0.25) is 0 Å². The maximum absolute atomic E-state index is 13.5. The van der Waals surface area contributed by atoms with Gasteiger partial charge >= 0.3 is 5.97 Å². The minimum atomic E-state index is -3.80. The summed E-state index contributed by atoms with van der Waals surface area (Å²) in [5, 5.41) is 19.9. The fraction of sp³-hybridized carbons (Fsp3) is 0.154. The van der Waals surface area contributed by atoms with E-state index in [1.807, 2.05) is 6.07 Å². The predicted molar refractivity (Wildman–Crippen MR) is 138 cm³/mol. The van der Waals surface area contributed by atoms with Gasteiger partial charge in [0.15, 0.2) is 6.61 Å². The van der Waals surface area contributed by atoms with Gasteiger partial charge in [-0.05, 0) is 47.7 Å². The molecule has 4 aromatic rings. The van der Waals surface area contributed by atoms with Crippen LogP contribution in [0.3, 0.4) is 0 Å². The van der Waals surface area contributed by atoms with Crippen molar-refractivity contribution in [3.8, 4) is 28.1 Å². The summed E-state index contributed by atoms with van der Waals surface area (Å²) in [5.41, 5.74) is 4.01. The van der Waals surface area contributed by atoms with Gasteiger partial charge in [0.25, 0.3) is 5.69 Å². The molecule has 1 N–H and O–H groups in total. The molecule has 1 aromatic heterocycles. The number of nitro benzene ring substituents is 1. The monoisotopic (exact) mass is 536 g/mol. The number of aromatic nitrogens is 1. The van der Waals surface area contributed by atoms with Crippen molar-refractivity contribution < 1.29 is 28.0 Å². The lowest BCUT2D eigenvalue weighted by molar-refractivity contribution is -0.384. The van der Waals surface area contributed by atoms with E-state index < -0.39 is 27.3 Å². The Balaban J connectivity index is 1.46. The lowest BCUT2D eigenvalue weighted by Gasteiger charge is -2.18. The minimum Gasteiger partial charge on any atom is -0.482 e. The molecule has 0 radical (unpaired) electrons. The summed E-state index contributed by atoms with van der Waals surface area (Å²) < 4.78 is 32.4. The molecule has 0 saturated carbocycles. The van der Waals surface area contributed by atoms with Crippen LogP contribution in [0.15, 0.2) is 71.1 Å². The first kappa shape index (κ1) is 24.6. The zero-order valence-electron chi connectivity index (χ0n) is 19.3. The Kier molecular flexibility index (Phi) is 6.48. The molecule has 0 aliphatic heterocycles. The third-order valence-electron chi connectivity index (χ3n) is 6.04. The second-order valence-electron chi connectivity index (χ2n) is 8.44. The van der Waals surface area contributed by atoms with Crippen molar-refractivity contribution in [1.82, 2.24) is 4.98 Å². The third kappa shape index (κ3) is 4.95. The molecule has 1 aliphatic carbocycles. The van der Waals surface area contributed by atoms with Gasteiger partial charge in [0, 0.05) is 28.1 Å². The van der Waals surface area contributed by atoms with Gasteiger partial charge < -0.3 is 9.84 Å². The van der Waals surface area contributed by atoms with Crippen LogP contribution in [0, 0.1) is 10.1 Å². The van der Waals surface area contributed by atoms with E-state index in [4.69, 9.17) is 9.84 Å². The summed E-state index contributed by atoms with van der Waals surface area (Å²) in [7, 11) is -3.80. The number of carboxylic acids is 1. The van der Waals surface area contributed by atoms with Crippen LogP contribution in [0.25, 0.3) is 22.4 Å². The number of carboxylic acid groups (broad SMARTS) is 1. The molecule has 0 saturated heterocycles. The number of hydrogen-bond donors (Lipinski definition) is 1. The number of fused-ring (bicyclic) bond motifs is 3. The summed E-state index contributed by atoms with van der Waals surface area (Å²) in [6.07, 6.45) is 1.16. The Morgan fingerprint density at radius 3 is 2.49 bits per heavy atom. The van der Waals surface area contributed by atoms with Crippen molar-refractivity contribution in [3.63, 3.8) is 0 Å². The van der Waals surface area contributed by atoms with Crippen LogP contribution >= 0.6 is 11.3 Å². The Bertz CT molecular complexity index is 1630. The topological polar surface area (TPSA) is 137 Å². The largest absolute Gasteiger partial charge is 0.482 e. The number of nitro groups is 1. The fourth-order valence-electron chi connectivity index (χ4n) is 4.36. The average molecular weight is 537 g/mol. The number of rotatable bonds is 8. The van der Waals surface area contributed by atoms with Crippen molar-refractivity contribution in [1.29, 1.82) is 0 Å².